The monoisotopic (exact) mass is 240 g/mol. The first-order chi connectivity index (χ1) is 6.11. The van der Waals surface area contributed by atoms with Gasteiger partial charge in [-0.25, -0.2) is 4.20 Å². The molecule has 0 fully saturated rings. The average Bonchev–Trinajstić information content (AvgIpc) is 2.10. The first-order valence-corrected chi connectivity index (χ1v) is 7.42. The van der Waals surface area contributed by atoms with Gasteiger partial charge in [0.25, 0.3) is 0 Å². The van der Waals surface area contributed by atoms with Gasteiger partial charge in [-0.1, -0.05) is 18.4 Å². The van der Waals surface area contributed by atoms with E-state index in [2.05, 4.69) is 31.0 Å². The molecule has 0 aliphatic heterocycles. The number of rotatable bonds is 7. The minimum absolute atomic E-state index is 0.0210. The van der Waals surface area contributed by atoms with E-state index in [-0.39, 0.29) is 11.7 Å². The minimum atomic E-state index is -2.12. The summed E-state index contributed by atoms with van der Waals surface area (Å²) in [6.45, 7) is 3.40. The zero-order chi connectivity index (χ0) is 10.3. The van der Waals surface area contributed by atoms with Gasteiger partial charge in [-0.2, -0.15) is 12.6 Å². The number of carbonyl (C=O) groups is 1. The van der Waals surface area contributed by atoms with Gasteiger partial charge < -0.3 is 0 Å². The normalized spacial score (nSPS) is 14.9. The standard InChI is InChI=1S/C8H14FOPS2/c1-2-8(10)7(4-6-12)3-5-11(9)13/h2,7,11-12H,1,3-6H2. The van der Waals surface area contributed by atoms with Crippen LogP contribution in [0.5, 0.6) is 0 Å². The lowest BCUT2D eigenvalue weighted by atomic mass is 9.98. The zero-order valence-electron chi connectivity index (χ0n) is 7.33. The molecule has 0 radical (unpaired) electrons. The number of halogens is 1. The molecule has 0 aromatic carbocycles. The molecule has 76 valence electrons. The number of thiol groups is 1. The second-order valence-corrected chi connectivity index (χ2v) is 5.70. The van der Waals surface area contributed by atoms with Crippen molar-refractivity contribution >= 4 is 37.2 Å². The number of allylic oxidation sites excluding steroid dienone is 1. The molecule has 13 heavy (non-hydrogen) atoms. The molecule has 0 amide bonds. The maximum absolute atomic E-state index is 12.4. The highest BCUT2D eigenvalue weighted by Crippen LogP contribution is 2.26. The van der Waals surface area contributed by atoms with Gasteiger partial charge in [-0.15, -0.1) is 0 Å². The first-order valence-electron chi connectivity index (χ1n) is 4.07. The average molecular weight is 240 g/mol. The fraction of sp³-hybridized carbons (Fsp3) is 0.625. The van der Waals surface area contributed by atoms with E-state index < -0.39 is 7.01 Å². The van der Waals surface area contributed by atoms with E-state index in [9.17, 15) is 8.99 Å². The smallest absolute Gasteiger partial charge is 0.158 e. The van der Waals surface area contributed by atoms with Crippen LogP contribution >= 0.6 is 19.6 Å². The van der Waals surface area contributed by atoms with E-state index >= 15 is 0 Å². The second kappa shape index (κ2) is 7.72. The Morgan fingerprint density at radius 3 is 2.69 bits per heavy atom. The summed E-state index contributed by atoms with van der Waals surface area (Å²) < 4.78 is 12.4. The highest BCUT2D eigenvalue weighted by Gasteiger charge is 2.14. The van der Waals surface area contributed by atoms with Gasteiger partial charge in [0.2, 0.25) is 0 Å². The molecule has 0 aromatic rings. The SMILES string of the molecule is C=CC(=O)C(CCS)CC[PH](F)=S. The van der Waals surface area contributed by atoms with Crippen molar-refractivity contribution in [2.24, 2.45) is 5.92 Å². The van der Waals surface area contributed by atoms with Crippen molar-refractivity contribution in [2.45, 2.75) is 12.8 Å². The van der Waals surface area contributed by atoms with Crippen LogP contribution in [-0.4, -0.2) is 17.7 Å². The van der Waals surface area contributed by atoms with E-state index in [0.717, 1.165) is 0 Å². The Morgan fingerprint density at radius 2 is 2.31 bits per heavy atom. The van der Waals surface area contributed by atoms with Gasteiger partial charge in [0, 0.05) is 12.1 Å². The Kier molecular flexibility index (Phi) is 7.92. The van der Waals surface area contributed by atoms with Gasteiger partial charge in [-0.3, -0.25) is 4.79 Å². The Balaban J connectivity index is 4.00. The van der Waals surface area contributed by atoms with Gasteiger partial charge in [0.1, 0.15) is 7.01 Å². The fourth-order valence-electron chi connectivity index (χ4n) is 1.04. The van der Waals surface area contributed by atoms with Gasteiger partial charge in [0.15, 0.2) is 5.78 Å². The third-order valence-electron chi connectivity index (χ3n) is 1.77. The molecule has 0 heterocycles. The lowest BCUT2D eigenvalue weighted by molar-refractivity contribution is -0.118. The molecule has 0 aliphatic rings. The van der Waals surface area contributed by atoms with E-state index in [1.54, 1.807) is 0 Å². The van der Waals surface area contributed by atoms with Gasteiger partial charge >= 0.3 is 0 Å². The number of carbonyl (C=O) groups excluding carboxylic acids is 1. The lowest BCUT2D eigenvalue weighted by Crippen LogP contribution is -2.13. The van der Waals surface area contributed by atoms with Crippen LogP contribution in [0.4, 0.5) is 4.20 Å². The predicted molar refractivity (Wildman–Crippen MR) is 63.4 cm³/mol. The van der Waals surface area contributed by atoms with Crippen LogP contribution in [0.3, 0.4) is 0 Å². The van der Waals surface area contributed by atoms with Crippen molar-refractivity contribution < 1.29 is 8.99 Å². The molecule has 0 N–H and O–H groups in total. The second-order valence-electron chi connectivity index (χ2n) is 2.71. The first kappa shape index (κ1) is 13.3. The molecule has 1 nitrogen and oxygen atoms in total. The molecular formula is C8H14FOPS2. The molecule has 2 unspecified atom stereocenters. The Bertz CT molecular complexity index is 208. The lowest BCUT2D eigenvalue weighted by Gasteiger charge is -2.10. The van der Waals surface area contributed by atoms with Crippen LogP contribution in [0.25, 0.3) is 0 Å². The molecule has 0 aromatic heterocycles. The molecule has 0 rings (SSSR count). The molecular weight excluding hydrogens is 226 g/mol. The summed E-state index contributed by atoms with van der Waals surface area (Å²) in [5, 5.41) is 0. The van der Waals surface area contributed by atoms with Crippen LogP contribution in [0.1, 0.15) is 12.8 Å². The number of hydrogen-bond acceptors (Lipinski definition) is 3. The van der Waals surface area contributed by atoms with E-state index in [0.29, 0.717) is 24.8 Å². The van der Waals surface area contributed by atoms with Crippen LogP contribution in [0.2, 0.25) is 0 Å². The largest absolute Gasteiger partial charge is 0.295 e. The molecule has 0 saturated carbocycles. The van der Waals surface area contributed by atoms with Crippen LogP contribution in [-0.2, 0) is 16.6 Å². The quantitative estimate of drug-likeness (QED) is 0.418. The molecule has 0 bridgehead atoms. The maximum atomic E-state index is 12.4. The fourth-order valence-corrected chi connectivity index (χ4v) is 2.28. The summed E-state index contributed by atoms with van der Waals surface area (Å²) >= 11 is 8.52. The molecule has 0 aliphatic carbocycles. The van der Waals surface area contributed by atoms with Gasteiger partial charge in [0.05, 0.1) is 0 Å². The maximum Gasteiger partial charge on any atom is 0.158 e. The number of ketones is 1. The van der Waals surface area contributed by atoms with Crippen LogP contribution < -0.4 is 0 Å². The van der Waals surface area contributed by atoms with Crippen molar-refractivity contribution in [2.75, 3.05) is 11.9 Å². The summed E-state index contributed by atoms with van der Waals surface area (Å²) in [4.78, 5) is 11.2. The summed E-state index contributed by atoms with van der Waals surface area (Å²) in [5.74, 6) is 0.483. The van der Waals surface area contributed by atoms with E-state index in [1.165, 1.54) is 6.08 Å². The van der Waals surface area contributed by atoms with Crippen molar-refractivity contribution in [1.82, 2.24) is 0 Å². The Labute approximate surface area is 89.7 Å². The summed E-state index contributed by atoms with van der Waals surface area (Å²) in [5.41, 5.74) is 0. The highest BCUT2D eigenvalue weighted by molar-refractivity contribution is 8.02. The Hall–Kier alpha value is 0.340. The summed E-state index contributed by atoms with van der Waals surface area (Å²) in [6, 6.07) is 0. The molecule has 0 saturated heterocycles. The Morgan fingerprint density at radius 1 is 1.69 bits per heavy atom. The third kappa shape index (κ3) is 6.42. The van der Waals surface area contributed by atoms with Crippen LogP contribution in [0.15, 0.2) is 12.7 Å². The summed E-state index contributed by atoms with van der Waals surface area (Å²) in [6.07, 6.45) is 2.87. The van der Waals surface area contributed by atoms with E-state index in [4.69, 9.17) is 0 Å². The van der Waals surface area contributed by atoms with Crippen LogP contribution in [0, 0.1) is 5.92 Å². The minimum Gasteiger partial charge on any atom is -0.295 e. The van der Waals surface area contributed by atoms with Crippen molar-refractivity contribution in [3.05, 3.63) is 12.7 Å². The summed E-state index contributed by atoms with van der Waals surface area (Å²) in [7, 11) is -2.12. The van der Waals surface area contributed by atoms with Crippen molar-refractivity contribution in [3.63, 3.8) is 0 Å². The zero-order valence-corrected chi connectivity index (χ0v) is 10.0. The molecule has 2 atom stereocenters. The van der Waals surface area contributed by atoms with Gasteiger partial charge in [-0.05, 0) is 24.7 Å². The topological polar surface area (TPSA) is 17.1 Å². The highest BCUT2D eigenvalue weighted by atomic mass is 32.4. The van der Waals surface area contributed by atoms with Crippen molar-refractivity contribution in [3.8, 4) is 0 Å². The molecule has 0 spiro atoms. The third-order valence-corrected chi connectivity index (χ3v) is 3.32. The van der Waals surface area contributed by atoms with Crippen molar-refractivity contribution in [1.29, 1.82) is 0 Å². The van der Waals surface area contributed by atoms with E-state index in [1.807, 2.05) is 0 Å². The molecule has 5 heteroatoms. The number of hydrogen-bond donors (Lipinski definition) is 1. The predicted octanol–water partition coefficient (Wildman–Crippen LogP) is 2.63.